The van der Waals surface area contributed by atoms with Gasteiger partial charge in [0.1, 0.15) is 36.8 Å². The van der Waals surface area contributed by atoms with Crippen molar-refractivity contribution in [3.63, 3.8) is 0 Å². The zero-order valence-electron chi connectivity index (χ0n) is 34.4. The number of hydrogen-bond donors (Lipinski definition) is 4. The van der Waals surface area contributed by atoms with Gasteiger partial charge in [0.05, 0.1) is 35.1 Å². The van der Waals surface area contributed by atoms with Crippen LogP contribution in [0.1, 0.15) is 79.8 Å². The molecule has 61 heavy (non-hydrogen) atoms. The molecule has 2 saturated carbocycles. The minimum absolute atomic E-state index is 0.0697. The molecule has 4 aliphatic rings. The highest BCUT2D eigenvalue weighted by Gasteiger charge is 2.96. The molecule has 4 N–H and O–H groups in total. The number of aldehydes is 1. The number of fused-ring (bicyclic) bond motifs is 4. The van der Waals surface area contributed by atoms with Gasteiger partial charge in [-0.05, 0) is 54.8 Å². The molecule has 1 aliphatic heterocycles. The number of amides is 1. The van der Waals surface area contributed by atoms with E-state index in [1.54, 1.807) is 92.7 Å². The Morgan fingerprint density at radius 1 is 0.885 bits per heavy atom. The normalized spacial score (nSPS) is 33.2. The zero-order valence-corrected chi connectivity index (χ0v) is 34.4. The summed E-state index contributed by atoms with van der Waals surface area (Å²) in [6, 6.07) is 23.0. The van der Waals surface area contributed by atoms with E-state index in [0.717, 1.165) is 13.8 Å². The summed E-state index contributed by atoms with van der Waals surface area (Å²) in [5, 5.41) is 39.8. The third-order valence-electron chi connectivity index (χ3n) is 13.7. The molecule has 3 aliphatic carbocycles. The van der Waals surface area contributed by atoms with Gasteiger partial charge in [-0.2, -0.15) is 0 Å². The van der Waals surface area contributed by atoms with Crippen LogP contribution in [0.15, 0.2) is 102 Å². The van der Waals surface area contributed by atoms with Crippen LogP contribution < -0.4 is 5.32 Å². The Kier molecular flexibility index (Phi) is 11.3. The van der Waals surface area contributed by atoms with E-state index in [1.165, 1.54) is 19.1 Å². The lowest BCUT2D eigenvalue weighted by molar-refractivity contribution is -0.466. The van der Waals surface area contributed by atoms with E-state index in [9.17, 15) is 44.1 Å². The first kappa shape index (κ1) is 43.4. The molecule has 0 bridgehead atoms. The van der Waals surface area contributed by atoms with E-state index in [0.29, 0.717) is 11.8 Å². The summed E-state index contributed by atoms with van der Waals surface area (Å²) >= 11 is 0. The smallest absolute Gasteiger partial charge is 0.338 e. The molecule has 1 heterocycles. The fourth-order valence-electron chi connectivity index (χ4n) is 10.9. The topological polar surface area (TPSA) is 221 Å². The molecular formula is C46H49NO14. The molecule has 3 aromatic carbocycles. The second-order valence-corrected chi connectivity index (χ2v) is 16.7. The number of rotatable bonds is 12. The largest absolute Gasteiger partial charge is 0.461 e. The summed E-state index contributed by atoms with van der Waals surface area (Å²) in [6.07, 6.45) is -7.93. The summed E-state index contributed by atoms with van der Waals surface area (Å²) in [4.78, 5) is 81.1. The van der Waals surface area contributed by atoms with E-state index in [2.05, 4.69) is 5.32 Å². The highest BCUT2D eigenvalue weighted by atomic mass is 16.6. The lowest BCUT2D eigenvalue weighted by Gasteiger charge is -2.84. The SMILES string of the molecule is CC(=O)OCC1=C(C)[C@@H](OC(=O)[C@H](O)[C@@H](NC(=O)c2ccccc2)c2ccccc2)C[C@@]2(O)[C@@H](OC(=O)c3ccccc3)C3([C@]4(OC(C)=O)CO[C@@H]4C[C@H](O)[C@@]3(C)C=O)[C@@]12C. The molecule has 3 aromatic rings. The van der Waals surface area contributed by atoms with Crippen LogP contribution in [0.2, 0.25) is 0 Å². The molecule has 7 rings (SSSR count). The van der Waals surface area contributed by atoms with Gasteiger partial charge in [-0.1, -0.05) is 73.7 Å². The van der Waals surface area contributed by atoms with Gasteiger partial charge in [-0.15, -0.1) is 0 Å². The van der Waals surface area contributed by atoms with E-state index in [1.807, 2.05) is 0 Å². The van der Waals surface area contributed by atoms with Crippen molar-refractivity contribution >= 4 is 36.1 Å². The van der Waals surface area contributed by atoms with E-state index >= 15 is 0 Å². The number of carbonyl (C=O) groups is 6. The van der Waals surface area contributed by atoms with Crippen molar-refractivity contribution in [2.24, 2.45) is 16.2 Å². The number of hydrogen-bond acceptors (Lipinski definition) is 14. The number of ether oxygens (including phenoxy) is 5. The molecule has 11 atom stereocenters. The molecule has 15 nitrogen and oxygen atoms in total. The molecule has 322 valence electrons. The van der Waals surface area contributed by atoms with Gasteiger partial charge in [0.15, 0.2) is 11.7 Å². The predicted molar refractivity (Wildman–Crippen MR) is 213 cm³/mol. The Morgan fingerprint density at radius 3 is 2.02 bits per heavy atom. The summed E-state index contributed by atoms with van der Waals surface area (Å²) in [7, 11) is 0. The Balaban J connectivity index is 1.37. The molecule has 0 radical (unpaired) electrons. The Morgan fingerprint density at radius 2 is 1.48 bits per heavy atom. The number of benzene rings is 3. The van der Waals surface area contributed by atoms with E-state index in [4.69, 9.17) is 23.7 Å². The number of aliphatic hydroxyl groups excluding tert-OH is 2. The maximum absolute atomic E-state index is 14.2. The zero-order chi connectivity index (χ0) is 44.1. The Labute approximate surface area is 352 Å². The molecule has 0 aromatic heterocycles. The Bertz CT molecular complexity index is 2250. The first-order valence-electron chi connectivity index (χ1n) is 20.0. The van der Waals surface area contributed by atoms with Crippen LogP contribution in [-0.4, -0.2) is 106 Å². The van der Waals surface area contributed by atoms with Crippen LogP contribution in [0.3, 0.4) is 0 Å². The van der Waals surface area contributed by atoms with Gasteiger partial charge in [0.2, 0.25) is 0 Å². The number of aliphatic hydroxyl groups is 3. The van der Waals surface area contributed by atoms with Gasteiger partial charge >= 0.3 is 23.9 Å². The third kappa shape index (κ3) is 6.39. The van der Waals surface area contributed by atoms with Crippen molar-refractivity contribution < 1.29 is 67.8 Å². The average Bonchev–Trinajstić information content (AvgIpc) is 3.25. The van der Waals surface area contributed by atoms with Crippen LogP contribution in [-0.2, 0) is 42.9 Å². The molecule has 1 spiro atoms. The van der Waals surface area contributed by atoms with Crippen LogP contribution in [0.4, 0.5) is 0 Å². The summed E-state index contributed by atoms with van der Waals surface area (Å²) in [5.74, 6) is -4.23. The highest BCUT2D eigenvalue weighted by molar-refractivity contribution is 5.95. The first-order valence-corrected chi connectivity index (χ1v) is 20.0. The number of esters is 4. The van der Waals surface area contributed by atoms with Gasteiger partial charge < -0.3 is 49.1 Å². The quantitative estimate of drug-likeness (QED) is 0.0890. The summed E-state index contributed by atoms with van der Waals surface area (Å²) < 4.78 is 30.1. The minimum atomic E-state index is -2.32. The molecule has 3 fully saturated rings. The van der Waals surface area contributed by atoms with Crippen LogP contribution >= 0.6 is 0 Å². The Hall–Kier alpha value is -5.74. The predicted octanol–water partition coefficient (Wildman–Crippen LogP) is 3.35. The maximum Gasteiger partial charge on any atom is 0.338 e. The summed E-state index contributed by atoms with van der Waals surface area (Å²) in [5.41, 5.74) is -8.91. The fraction of sp³-hybridized carbons (Fsp3) is 0.435. The molecule has 1 saturated heterocycles. The fourth-order valence-corrected chi connectivity index (χ4v) is 10.9. The van der Waals surface area contributed by atoms with Crippen LogP contribution in [0.25, 0.3) is 0 Å². The van der Waals surface area contributed by atoms with Crippen molar-refractivity contribution in [3.05, 3.63) is 119 Å². The van der Waals surface area contributed by atoms with E-state index < -0.39 is 107 Å². The summed E-state index contributed by atoms with van der Waals surface area (Å²) in [6.45, 7) is 6.00. The van der Waals surface area contributed by atoms with Crippen molar-refractivity contribution in [2.75, 3.05) is 13.2 Å². The molecule has 1 unspecified atom stereocenters. The molecular weight excluding hydrogens is 790 g/mol. The van der Waals surface area contributed by atoms with Crippen molar-refractivity contribution in [1.82, 2.24) is 5.32 Å². The van der Waals surface area contributed by atoms with Gasteiger partial charge in [0, 0.05) is 37.7 Å². The van der Waals surface area contributed by atoms with E-state index in [-0.39, 0.29) is 35.3 Å². The third-order valence-corrected chi connectivity index (χ3v) is 13.7. The lowest BCUT2D eigenvalue weighted by Crippen LogP contribution is -2.97. The van der Waals surface area contributed by atoms with Crippen molar-refractivity contribution in [3.8, 4) is 0 Å². The second-order valence-electron chi connectivity index (χ2n) is 16.7. The van der Waals surface area contributed by atoms with Gasteiger partial charge in [-0.3, -0.25) is 14.4 Å². The monoisotopic (exact) mass is 839 g/mol. The maximum atomic E-state index is 14.2. The van der Waals surface area contributed by atoms with Crippen LogP contribution in [0.5, 0.6) is 0 Å². The van der Waals surface area contributed by atoms with Crippen LogP contribution in [0, 0.1) is 16.2 Å². The standard InChI is InChI=1S/C46H49NO14/c1-26-32(23-57-27(2)49)43(5)44(56,22-33(26)59-40(55)37(52)36(29-15-9-6-10-16-29)47-38(53)30-17-11-7-12-18-30)41(60-39(54)31-19-13-8-14-20-31)46(43)42(4,24-48)34(51)21-35-45(46,25-58-35)61-28(3)50/h6-20,24,33-37,41,51-52,56H,21-23,25H2,1-5H3,(H,47,53)/t33-,34-,35+,36-,37+,41+,42+,43-,44+,45-,46?/m0/s1. The van der Waals surface area contributed by atoms with Crippen molar-refractivity contribution in [1.29, 1.82) is 0 Å². The number of nitrogens with one attached hydrogen (secondary N) is 1. The number of carbonyl (C=O) groups excluding carboxylic acids is 6. The minimum Gasteiger partial charge on any atom is -0.461 e. The van der Waals surface area contributed by atoms with Crippen molar-refractivity contribution in [2.45, 2.75) is 95.2 Å². The van der Waals surface area contributed by atoms with Gasteiger partial charge in [0.25, 0.3) is 5.91 Å². The average molecular weight is 840 g/mol. The molecule has 15 heteroatoms. The van der Waals surface area contributed by atoms with Gasteiger partial charge in [-0.25, -0.2) is 9.59 Å². The second kappa shape index (κ2) is 15.9. The first-order chi connectivity index (χ1) is 28.9. The lowest BCUT2D eigenvalue weighted by atomic mass is 9.23. The highest BCUT2D eigenvalue weighted by Crippen LogP contribution is 2.83. The molecule has 1 amide bonds.